The number of ether oxygens (including phenoxy) is 3. The van der Waals surface area contributed by atoms with Crippen LogP contribution in [0.15, 0.2) is 48.5 Å². The van der Waals surface area contributed by atoms with Gasteiger partial charge < -0.3 is 19.1 Å². The lowest BCUT2D eigenvalue weighted by atomic mass is 10.2. The molecule has 0 atom stereocenters. The number of hydrogen-bond donors (Lipinski definition) is 0. The third-order valence-corrected chi connectivity index (χ3v) is 4.77. The summed E-state index contributed by atoms with van der Waals surface area (Å²) in [4.78, 5) is 26.3. The molecule has 1 aliphatic rings. The zero-order chi connectivity index (χ0) is 20.6. The van der Waals surface area contributed by atoms with Crippen LogP contribution in [0.2, 0.25) is 0 Å². The fourth-order valence-electron chi connectivity index (χ4n) is 2.92. The Bertz CT molecular complexity index is 812. The molecule has 0 unspecified atom stereocenters. The van der Waals surface area contributed by atoms with Crippen LogP contribution >= 0.6 is 0 Å². The van der Waals surface area contributed by atoms with Gasteiger partial charge in [-0.3, -0.25) is 9.59 Å². The highest BCUT2D eigenvalue weighted by molar-refractivity contribution is 5.81. The van der Waals surface area contributed by atoms with Gasteiger partial charge in [0.05, 0.1) is 20.1 Å². The van der Waals surface area contributed by atoms with E-state index in [0.717, 1.165) is 29.7 Å². The minimum atomic E-state index is -0.439. The van der Waals surface area contributed by atoms with E-state index in [-0.39, 0.29) is 31.6 Å². The van der Waals surface area contributed by atoms with Gasteiger partial charge in [-0.2, -0.15) is 0 Å². The Kier molecular flexibility index (Phi) is 7.11. The molecule has 1 fully saturated rings. The number of nitrogens with zero attached hydrogens (tertiary/aromatic N) is 1. The molecule has 2 aromatic carbocycles. The van der Waals surface area contributed by atoms with E-state index in [1.807, 2.05) is 55.5 Å². The number of carbonyl (C=O) groups is 2. The van der Waals surface area contributed by atoms with E-state index in [4.69, 9.17) is 14.2 Å². The van der Waals surface area contributed by atoms with E-state index < -0.39 is 5.97 Å². The largest absolute Gasteiger partial charge is 0.497 e. The number of amides is 1. The summed E-state index contributed by atoms with van der Waals surface area (Å²) in [5, 5.41) is 0. The molecule has 1 aliphatic carbocycles. The summed E-state index contributed by atoms with van der Waals surface area (Å²) >= 11 is 0. The number of rotatable bonds is 10. The fourth-order valence-corrected chi connectivity index (χ4v) is 2.92. The molecule has 0 bridgehead atoms. The second kappa shape index (κ2) is 9.96. The molecular weight excluding hydrogens is 370 g/mol. The molecule has 0 aliphatic heterocycles. The van der Waals surface area contributed by atoms with Gasteiger partial charge in [0, 0.05) is 12.6 Å². The molecule has 3 rings (SSSR count). The smallest absolute Gasteiger partial charge is 0.309 e. The molecule has 6 heteroatoms. The van der Waals surface area contributed by atoms with Crippen LogP contribution in [0.4, 0.5) is 0 Å². The second-order valence-corrected chi connectivity index (χ2v) is 7.17. The SMILES string of the molecule is COc1ccc(CN(C(=O)COC(=O)CCOc2ccc(C)cc2)C2CC2)cc1. The van der Waals surface area contributed by atoms with Crippen molar-refractivity contribution in [3.63, 3.8) is 0 Å². The van der Waals surface area contributed by atoms with Crippen molar-refractivity contribution in [2.45, 2.75) is 38.8 Å². The number of benzene rings is 2. The van der Waals surface area contributed by atoms with Gasteiger partial charge in [0.2, 0.25) is 0 Å². The maximum Gasteiger partial charge on any atom is 0.309 e. The van der Waals surface area contributed by atoms with Crippen LogP contribution in [-0.4, -0.2) is 43.1 Å². The zero-order valence-corrected chi connectivity index (χ0v) is 16.9. The summed E-state index contributed by atoms with van der Waals surface area (Å²) in [6.07, 6.45) is 2.07. The van der Waals surface area contributed by atoms with Crippen molar-refractivity contribution in [2.24, 2.45) is 0 Å². The highest BCUT2D eigenvalue weighted by Crippen LogP contribution is 2.29. The van der Waals surface area contributed by atoms with Crippen molar-refractivity contribution in [1.82, 2.24) is 4.90 Å². The lowest BCUT2D eigenvalue weighted by Gasteiger charge is -2.22. The summed E-state index contributed by atoms with van der Waals surface area (Å²) in [6, 6.07) is 15.5. The molecule has 0 saturated heterocycles. The predicted octanol–water partition coefficient (Wildman–Crippen LogP) is 3.51. The first kappa shape index (κ1) is 20.7. The molecule has 154 valence electrons. The van der Waals surface area contributed by atoms with Gasteiger partial charge in [-0.05, 0) is 49.6 Å². The van der Waals surface area contributed by atoms with E-state index in [9.17, 15) is 9.59 Å². The Balaban J connectivity index is 1.42. The first-order valence-corrected chi connectivity index (χ1v) is 9.82. The van der Waals surface area contributed by atoms with Crippen LogP contribution < -0.4 is 9.47 Å². The lowest BCUT2D eigenvalue weighted by molar-refractivity contribution is -0.153. The third-order valence-electron chi connectivity index (χ3n) is 4.77. The fraction of sp³-hybridized carbons (Fsp3) is 0.391. The average Bonchev–Trinajstić information content (AvgIpc) is 3.57. The van der Waals surface area contributed by atoms with Crippen LogP contribution in [0.1, 0.15) is 30.4 Å². The summed E-state index contributed by atoms with van der Waals surface area (Å²) < 4.78 is 15.9. The lowest BCUT2D eigenvalue weighted by Crippen LogP contribution is -2.36. The monoisotopic (exact) mass is 397 g/mol. The standard InChI is InChI=1S/C23H27NO5/c1-17-3-9-21(10-4-17)28-14-13-23(26)29-16-22(25)24(19-7-8-19)15-18-5-11-20(27-2)12-6-18/h3-6,9-12,19H,7-8,13-16H2,1-2H3. The zero-order valence-electron chi connectivity index (χ0n) is 16.9. The molecule has 29 heavy (non-hydrogen) atoms. The first-order chi connectivity index (χ1) is 14.0. The quantitative estimate of drug-likeness (QED) is 0.574. The molecule has 1 saturated carbocycles. The minimum Gasteiger partial charge on any atom is -0.497 e. The summed E-state index contributed by atoms with van der Waals surface area (Å²) in [5.41, 5.74) is 2.16. The van der Waals surface area contributed by atoms with Crippen LogP contribution in [-0.2, 0) is 20.9 Å². The molecular formula is C23H27NO5. The summed E-state index contributed by atoms with van der Waals surface area (Å²) in [6.45, 7) is 2.48. The average molecular weight is 397 g/mol. The summed E-state index contributed by atoms with van der Waals surface area (Å²) in [7, 11) is 1.62. The number of carbonyl (C=O) groups excluding carboxylic acids is 2. The molecule has 0 N–H and O–H groups in total. The third kappa shape index (κ3) is 6.52. The molecule has 2 aromatic rings. The normalized spacial score (nSPS) is 12.9. The van der Waals surface area contributed by atoms with Crippen molar-refractivity contribution < 1.29 is 23.8 Å². The Hall–Kier alpha value is -3.02. The predicted molar refractivity (Wildman–Crippen MR) is 109 cm³/mol. The first-order valence-electron chi connectivity index (χ1n) is 9.82. The van der Waals surface area contributed by atoms with Crippen molar-refractivity contribution in [2.75, 3.05) is 20.3 Å². The van der Waals surface area contributed by atoms with Crippen LogP contribution in [0, 0.1) is 6.92 Å². The van der Waals surface area contributed by atoms with Crippen LogP contribution in [0.3, 0.4) is 0 Å². The molecule has 0 aromatic heterocycles. The van der Waals surface area contributed by atoms with E-state index in [0.29, 0.717) is 12.3 Å². The minimum absolute atomic E-state index is 0.100. The van der Waals surface area contributed by atoms with Gasteiger partial charge >= 0.3 is 5.97 Å². The highest BCUT2D eigenvalue weighted by atomic mass is 16.5. The maximum atomic E-state index is 12.6. The van der Waals surface area contributed by atoms with Crippen molar-refractivity contribution in [1.29, 1.82) is 0 Å². The molecule has 1 amide bonds. The Labute approximate surface area is 171 Å². The molecule has 0 heterocycles. The van der Waals surface area contributed by atoms with E-state index in [1.165, 1.54) is 0 Å². The molecule has 0 spiro atoms. The number of methoxy groups -OCH3 is 1. The van der Waals surface area contributed by atoms with Crippen molar-refractivity contribution in [3.05, 3.63) is 59.7 Å². The van der Waals surface area contributed by atoms with Crippen LogP contribution in [0.5, 0.6) is 11.5 Å². The number of esters is 1. The van der Waals surface area contributed by atoms with Gasteiger partial charge in [-0.1, -0.05) is 29.8 Å². The van der Waals surface area contributed by atoms with Crippen LogP contribution in [0.25, 0.3) is 0 Å². The Morgan fingerprint density at radius 1 is 1.00 bits per heavy atom. The molecule has 6 nitrogen and oxygen atoms in total. The Morgan fingerprint density at radius 3 is 2.28 bits per heavy atom. The van der Waals surface area contributed by atoms with Gasteiger partial charge in [0.1, 0.15) is 11.5 Å². The van der Waals surface area contributed by atoms with E-state index >= 15 is 0 Å². The molecule has 0 radical (unpaired) electrons. The van der Waals surface area contributed by atoms with Crippen molar-refractivity contribution in [3.8, 4) is 11.5 Å². The van der Waals surface area contributed by atoms with Gasteiger partial charge in [-0.15, -0.1) is 0 Å². The van der Waals surface area contributed by atoms with Gasteiger partial charge in [-0.25, -0.2) is 0 Å². The van der Waals surface area contributed by atoms with Gasteiger partial charge in [0.25, 0.3) is 5.91 Å². The van der Waals surface area contributed by atoms with Crippen molar-refractivity contribution >= 4 is 11.9 Å². The van der Waals surface area contributed by atoms with E-state index in [2.05, 4.69) is 0 Å². The van der Waals surface area contributed by atoms with Gasteiger partial charge in [0.15, 0.2) is 6.61 Å². The topological polar surface area (TPSA) is 65.1 Å². The second-order valence-electron chi connectivity index (χ2n) is 7.17. The summed E-state index contributed by atoms with van der Waals surface area (Å²) in [5.74, 6) is 0.875. The maximum absolute atomic E-state index is 12.6. The van der Waals surface area contributed by atoms with E-state index in [1.54, 1.807) is 12.0 Å². The number of aryl methyl sites for hydroxylation is 1. The highest BCUT2D eigenvalue weighted by Gasteiger charge is 2.32. The Morgan fingerprint density at radius 2 is 1.66 bits per heavy atom. The number of hydrogen-bond acceptors (Lipinski definition) is 5.